The minimum Gasteiger partial charge on any atom is -0.382 e. The number of carbonyl (C=O) groups excluding carboxylic acids is 2. The maximum atomic E-state index is 10.9. The average molecular weight is 509 g/mol. The van der Waals surface area contributed by atoms with Gasteiger partial charge < -0.3 is 20.7 Å². The largest absolute Gasteiger partial charge is 0.382 e. The lowest BCUT2D eigenvalue weighted by Crippen LogP contribution is -2.37. The molecule has 1 amide bonds. The van der Waals surface area contributed by atoms with Crippen LogP contribution < -0.4 is 16.0 Å². The number of nitrogens with one attached hydrogen (secondary N) is 3. The maximum absolute atomic E-state index is 10.9. The molecule has 1 aliphatic heterocycles. The number of ketones is 1. The van der Waals surface area contributed by atoms with Gasteiger partial charge in [0.25, 0.3) is 0 Å². The Balaban J connectivity index is 0. The number of aromatic nitrogens is 1. The summed E-state index contributed by atoms with van der Waals surface area (Å²) in [5.41, 5.74) is 1.31. The van der Waals surface area contributed by atoms with Crippen LogP contribution in [0.25, 0.3) is 0 Å². The van der Waals surface area contributed by atoms with Crippen LogP contribution in [0.5, 0.6) is 0 Å². The summed E-state index contributed by atoms with van der Waals surface area (Å²) in [4.78, 5) is 24.3. The zero-order chi connectivity index (χ0) is 27.9. The van der Waals surface area contributed by atoms with Crippen molar-refractivity contribution in [3.05, 3.63) is 23.9 Å². The van der Waals surface area contributed by atoms with E-state index >= 15 is 0 Å². The minimum atomic E-state index is 0.281. The normalized spacial score (nSPS) is 18.0. The topological polar surface area (TPSA) is 92.3 Å². The number of hydrogen-bond donors (Lipinski definition) is 3. The van der Waals surface area contributed by atoms with Crippen molar-refractivity contribution in [2.24, 2.45) is 17.8 Å². The van der Waals surface area contributed by atoms with Crippen molar-refractivity contribution >= 4 is 18.0 Å². The lowest BCUT2D eigenvalue weighted by molar-refractivity contribution is -0.121. The van der Waals surface area contributed by atoms with Gasteiger partial charge in [-0.3, -0.25) is 9.59 Å². The fraction of sp³-hybridized carbons (Fsp3) is 0.759. The van der Waals surface area contributed by atoms with Gasteiger partial charge in [-0.1, -0.05) is 47.6 Å². The second kappa shape index (κ2) is 23.4. The predicted molar refractivity (Wildman–Crippen MR) is 154 cm³/mol. The fourth-order valence-electron chi connectivity index (χ4n) is 2.94. The van der Waals surface area contributed by atoms with E-state index in [1.807, 2.05) is 20.0 Å². The third-order valence-electron chi connectivity index (χ3n) is 5.05. The van der Waals surface area contributed by atoms with E-state index in [0.717, 1.165) is 44.5 Å². The first kappa shape index (κ1) is 36.2. The highest BCUT2D eigenvalue weighted by molar-refractivity contribution is 5.78. The summed E-state index contributed by atoms with van der Waals surface area (Å²) in [5.74, 6) is 3.71. The van der Waals surface area contributed by atoms with Crippen LogP contribution >= 0.6 is 0 Å². The van der Waals surface area contributed by atoms with Gasteiger partial charge in [-0.15, -0.1) is 0 Å². The fourth-order valence-corrected chi connectivity index (χ4v) is 2.94. The van der Waals surface area contributed by atoms with Crippen LogP contribution in [0.2, 0.25) is 0 Å². The standard InChI is InChI=1S/C11H16N2.C8H15NO.C4H10O.C4H10.C2H5NO/c1-8(2)9-3-6-11(12-7-9)13-10-4-5-10;1-6-3-8(7(2)10)5-9-4-6;1-3-5-4-2;1-4(2)3;1-3-2-4/h3,6-8,10H,4-5H2,1-2H3,(H,12,13);6,8-9H,3-5H2,1-2H3;3-4H2,1-2H3;4H,1-3H3;2H,1H3,(H,3,4). The molecule has 1 aromatic rings. The van der Waals surface area contributed by atoms with Crippen LogP contribution in [0.3, 0.4) is 0 Å². The highest BCUT2D eigenvalue weighted by Gasteiger charge is 2.21. The molecule has 2 fully saturated rings. The van der Waals surface area contributed by atoms with Crippen molar-refractivity contribution in [2.75, 3.05) is 38.7 Å². The van der Waals surface area contributed by atoms with Gasteiger partial charge in [0.2, 0.25) is 6.41 Å². The van der Waals surface area contributed by atoms with Crippen LogP contribution in [0.1, 0.15) is 93.1 Å². The van der Waals surface area contributed by atoms with Crippen molar-refractivity contribution < 1.29 is 14.3 Å². The molecule has 0 spiro atoms. The van der Waals surface area contributed by atoms with E-state index < -0.39 is 0 Å². The molecule has 210 valence electrons. The number of nitrogens with zero attached hydrogens (tertiary/aromatic N) is 1. The minimum absolute atomic E-state index is 0.281. The number of amides is 1. The zero-order valence-corrected chi connectivity index (χ0v) is 24.8. The van der Waals surface area contributed by atoms with Crippen LogP contribution in [0.4, 0.5) is 5.82 Å². The van der Waals surface area contributed by atoms with Gasteiger partial charge in [-0.2, -0.15) is 0 Å². The van der Waals surface area contributed by atoms with Crippen LogP contribution in [0, 0.1) is 17.8 Å². The molecule has 2 aliphatic rings. The molecule has 2 heterocycles. The van der Waals surface area contributed by atoms with Gasteiger partial charge in [0.15, 0.2) is 0 Å². The molecular weight excluding hydrogens is 452 g/mol. The lowest BCUT2D eigenvalue weighted by Gasteiger charge is -2.25. The van der Waals surface area contributed by atoms with E-state index in [9.17, 15) is 4.79 Å². The summed E-state index contributed by atoms with van der Waals surface area (Å²) in [6.07, 6.45) is 6.26. The molecule has 3 rings (SSSR count). The van der Waals surface area contributed by atoms with Gasteiger partial charge in [0.1, 0.15) is 11.6 Å². The van der Waals surface area contributed by atoms with Crippen LogP contribution in [-0.4, -0.2) is 56.6 Å². The van der Waals surface area contributed by atoms with Crippen molar-refractivity contribution in [3.8, 4) is 0 Å². The van der Waals surface area contributed by atoms with Crippen molar-refractivity contribution in [3.63, 3.8) is 0 Å². The Kier molecular flexibility index (Phi) is 23.5. The lowest BCUT2D eigenvalue weighted by atomic mass is 9.89. The van der Waals surface area contributed by atoms with Crippen LogP contribution in [0.15, 0.2) is 18.3 Å². The molecule has 7 heteroatoms. The third kappa shape index (κ3) is 23.7. The molecule has 3 N–H and O–H groups in total. The molecule has 1 aliphatic carbocycles. The van der Waals surface area contributed by atoms with Gasteiger partial charge in [-0.05, 0) is 76.0 Å². The predicted octanol–water partition coefficient (Wildman–Crippen LogP) is 5.67. The molecule has 7 nitrogen and oxygen atoms in total. The second-order valence-electron chi connectivity index (χ2n) is 10.3. The average Bonchev–Trinajstić information content (AvgIpc) is 3.65. The second-order valence-corrected chi connectivity index (χ2v) is 10.3. The SMILES string of the molecule is CC(=O)C1CNCC(C)C1.CC(C)C.CC(C)c1ccc(NC2CC2)nc1.CCOCC.CNC=O. The Labute approximate surface area is 222 Å². The third-order valence-corrected chi connectivity index (χ3v) is 5.05. The summed E-state index contributed by atoms with van der Waals surface area (Å²) >= 11 is 0. The van der Waals surface area contributed by atoms with Gasteiger partial charge in [-0.25, -0.2) is 4.98 Å². The number of Topliss-reactive ketones (excluding diaryl/α,β-unsaturated/α-hetero) is 1. The smallest absolute Gasteiger partial charge is 0.206 e. The molecule has 1 saturated carbocycles. The monoisotopic (exact) mass is 508 g/mol. The number of carbonyl (C=O) groups is 2. The van der Waals surface area contributed by atoms with Crippen LogP contribution in [-0.2, 0) is 14.3 Å². The Morgan fingerprint density at radius 2 is 1.69 bits per heavy atom. The Bertz CT molecular complexity index is 642. The van der Waals surface area contributed by atoms with E-state index in [0.29, 0.717) is 30.1 Å². The summed E-state index contributed by atoms with van der Waals surface area (Å²) < 4.78 is 4.83. The summed E-state index contributed by atoms with van der Waals surface area (Å²) in [6.45, 7) is 22.4. The Morgan fingerprint density at radius 3 is 1.97 bits per heavy atom. The van der Waals surface area contributed by atoms with E-state index in [-0.39, 0.29) is 5.92 Å². The summed E-state index contributed by atoms with van der Waals surface area (Å²) in [6, 6.07) is 4.92. The molecule has 1 aromatic heterocycles. The molecule has 36 heavy (non-hydrogen) atoms. The van der Waals surface area contributed by atoms with Gasteiger partial charge >= 0.3 is 0 Å². The van der Waals surface area contributed by atoms with E-state index in [1.54, 1.807) is 14.0 Å². The Morgan fingerprint density at radius 1 is 1.14 bits per heavy atom. The Hall–Kier alpha value is -1.99. The molecule has 1 saturated heterocycles. The van der Waals surface area contributed by atoms with Gasteiger partial charge in [0.05, 0.1) is 0 Å². The highest BCUT2D eigenvalue weighted by atomic mass is 16.5. The van der Waals surface area contributed by atoms with Crippen molar-refractivity contribution in [1.82, 2.24) is 15.6 Å². The molecule has 2 atom stereocenters. The molecule has 0 aromatic carbocycles. The molecular formula is C29H56N4O3. The van der Waals surface area contributed by atoms with E-state index in [4.69, 9.17) is 9.53 Å². The number of pyridine rings is 1. The number of anilines is 1. The molecule has 2 unspecified atom stereocenters. The van der Waals surface area contributed by atoms with Gasteiger partial charge in [0, 0.05) is 45.0 Å². The molecule has 0 bridgehead atoms. The van der Waals surface area contributed by atoms with E-state index in [1.165, 1.54) is 18.4 Å². The maximum Gasteiger partial charge on any atom is 0.206 e. The number of rotatable bonds is 7. The number of hydrogen-bond acceptors (Lipinski definition) is 6. The van der Waals surface area contributed by atoms with Crippen molar-refractivity contribution in [1.29, 1.82) is 0 Å². The zero-order valence-electron chi connectivity index (χ0n) is 24.8. The summed E-state index contributed by atoms with van der Waals surface area (Å²) in [5, 5.41) is 8.87. The number of piperidine rings is 1. The first-order chi connectivity index (χ1) is 17.0. The first-order valence-corrected chi connectivity index (χ1v) is 13.6. The van der Waals surface area contributed by atoms with E-state index in [2.05, 4.69) is 74.6 Å². The molecule has 0 radical (unpaired) electrons. The highest BCUT2D eigenvalue weighted by Crippen LogP contribution is 2.24. The quantitative estimate of drug-likeness (QED) is 0.411. The first-order valence-electron chi connectivity index (χ1n) is 13.6. The van der Waals surface area contributed by atoms with Crippen molar-refractivity contribution in [2.45, 2.75) is 93.5 Å². The number of ether oxygens (including phenoxy) is 1. The summed E-state index contributed by atoms with van der Waals surface area (Å²) in [7, 11) is 1.56.